The number of methoxy groups -OCH3 is 1. The average Bonchev–Trinajstić information content (AvgIpc) is 2.61. The lowest BCUT2D eigenvalue weighted by Gasteiger charge is -2.18. The molecule has 0 radical (unpaired) electrons. The summed E-state index contributed by atoms with van der Waals surface area (Å²) in [5, 5.41) is 3.13. The van der Waals surface area contributed by atoms with Crippen LogP contribution in [0.2, 0.25) is 0 Å². The molecule has 1 amide bonds. The lowest BCUT2D eigenvalue weighted by molar-refractivity contribution is 0.0767. The van der Waals surface area contributed by atoms with Crippen LogP contribution in [-0.4, -0.2) is 41.0 Å². The van der Waals surface area contributed by atoms with Gasteiger partial charge in [-0.15, -0.1) is 0 Å². The zero-order valence-electron chi connectivity index (χ0n) is 13.7. The lowest BCUT2D eigenvalue weighted by Crippen LogP contribution is -2.31. The summed E-state index contributed by atoms with van der Waals surface area (Å²) in [5.41, 5.74) is 1.39. The van der Waals surface area contributed by atoms with E-state index in [9.17, 15) is 4.79 Å². The van der Waals surface area contributed by atoms with E-state index in [1.165, 1.54) is 0 Å². The topological polar surface area (TPSA) is 67.4 Å². The van der Waals surface area contributed by atoms with Crippen LogP contribution < -0.4 is 10.1 Å². The number of hydrogen-bond donors (Lipinski definition) is 1. The number of ether oxygens (including phenoxy) is 1. The molecular weight excluding hydrogens is 292 g/mol. The van der Waals surface area contributed by atoms with Crippen LogP contribution in [0.25, 0.3) is 0 Å². The molecule has 23 heavy (non-hydrogen) atoms. The van der Waals surface area contributed by atoms with Crippen LogP contribution in [0.15, 0.2) is 36.5 Å². The highest BCUT2D eigenvalue weighted by Crippen LogP contribution is 2.18. The Labute approximate surface area is 136 Å². The van der Waals surface area contributed by atoms with Crippen LogP contribution in [0.1, 0.15) is 29.9 Å². The van der Waals surface area contributed by atoms with E-state index in [-0.39, 0.29) is 5.91 Å². The van der Waals surface area contributed by atoms with Crippen LogP contribution in [0.3, 0.4) is 0 Å². The molecule has 0 fully saturated rings. The molecule has 2 rings (SSSR count). The van der Waals surface area contributed by atoms with E-state index >= 15 is 0 Å². The Bertz CT molecular complexity index is 657. The quantitative estimate of drug-likeness (QED) is 0.851. The second-order valence-electron chi connectivity index (χ2n) is 4.91. The first kappa shape index (κ1) is 16.7. The highest BCUT2D eigenvalue weighted by Gasteiger charge is 2.14. The Balaban J connectivity index is 2.10. The fourth-order valence-electron chi connectivity index (χ4n) is 2.26. The molecule has 0 atom stereocenters. The number of anilines is 1. The third-order valence-electron chi connectivity index (χ3n) is 3.55. The van der Waals surface area contributed by atoms with Gasteiger partial charge in [-0.3, -0.25) is 4.79 Å². The monoisotopic (exact) mass is 314 g/mol. The Hall–Kier alpha value is -2.63. The van der Waals surface area contributed by atoms with Gasteiger partial charge in [0.15, 0.2) is 0 Å². The maximum absolute atomic E-state index is 12.3. The summed E-state index contributed by atoms with van der Waals surface area (Å²) >= 11 is 0. The van der Waals surface area contributed by atoms with Crippen molar-refractivity contribution < 1.29 is 9.53 Å². The summed E-state index contributed by atoms with van der Waals surface area (Å²) in [6.07, 6.45) is 1.59. The van der Waals surface area contributed by atoms with Gasteiger partial charge < -0.3 is 15.0 Å². The summed E-state index contributed by atoms with van der Waals surface area (Å²) in [7, 11) is 1.64. The molecule has 0 spiro atoms. The second kappa shape index (κ2) is 8.12. The normalized spacial score (nSPS) is 10.2. The van der Waals surface area contributed by atoms with Crippen molar-refractivity contribution >= 4 is 11.9 Å². The van der Waals surface area contributed by atoms with Crippen molar-refractivity contribution in [1.29, 1.82) is 0 Å². The van der Waals surface area contributed by atoms with Gasteiger partial charge in [0.2, 0.25) is 5.95 Å². The molecule has 2 aromatic rings. The van der Waals surface area contributed by atoms with Gasteiger partial charge in [-0.1, -0.05) is 18.2 Å². The first-order valence-corrected chi connectivity index (χ1v) is 7.67. The largest absolute Gasteiger partial charge is 0.496 e. The third kappa shape index (κ3) is 4.18. The first-order chi connectivity index (χ1) is 11.2. The number of amides is 1. The van der Waals surface area contributed by atoms with Gasteiger partial charge in [0, 0.05) is 31.4 Å². The van der Waals surface area contributed by atoms with Crippen LogP contribution in [0, 0.1) is 0 Å². The molecule has 122 valence electrons. The molecule has 0 bridgehead atoms. The van der Waals surface area contributed by atoms with Gasteiger partial charge in [-0.25, -0.2) is 9.97 Å². The highest BCUT2D eigenvalue weighted by molar-refractivity contribution is 5.92. The molecule has 6 heteroatoms. The number of rotatable bonds is 7. The number of hydrogen-bond acceptors (Lipinski definition) is 5. The molecule has 6 nitrogen and oxygen atoms in total. The molecule has 0 aliphatic rings. The van der Waals surface area contributed by atoms with Crippen LogP contribution in [-0.2, 0) is 6.54 Å². The van der Waals surface area contributed by atoms with E-state index in [4.69, 9.17) is 4.74 Å². The van der Waals surface area contributed by atoms with Crippen molar-refractivity contribution in [3.8, 4) is 5.75 Å². The summed E-state index contributed by atoms with van der Waals surface area (Å²) in [5.74, 6) is 1.14. The second-order valence-corrected chi connectivity index (χ2v) is 4.91. The number of carbonyl (C=O) groups excluding carboxylic acids is 1. The van der Waals surface area contributed by atoms with E-state index in [1.807, 2.05) is 38.1 Å². The molecule has 0 saturated heterocycles. The standard InChI is InChI=1S/C17H22N4O2/c1-4-21(5-2)16(22)14-10-11-18-17(20-14)19-12-13-8-6-7-9-15(13)23-3/h6-11H,4-5,12H2,1-3H3,(H,18,19,20). The smallest absolute Gasteiger partial charge is 0.272 e. The summed E-state index contributed by atoms with van der Waals surface area (Å²) in [6.45, 7) is 5.73. The van der Waals surface area contributed by atoms with Crippen LogP contribution >= 0.6 is 0 Å². The number of nitrogens with one attached hydrogen (secondary N) is 1. The van der Waals surface area contributed by atoms with Gasteiger partial charge in [0.25, 0.3) is 5.91 Å². The maximum Gasteiger partial charge on any atom is 0.272 e. The van der Waals surface area contributed by atoms with E-state index in [0.29, 0.717) is 31.3 Å². The van der Waals surface area contributed by atoms with Gasteiger partial charge in [-0.2, -0.15) is 0 Å². The van der Waals surface area contributed by atoms with Gasteiger partial charge in [0.1, 0.15) is 11.4 Å². The number of aromatic nitrogens is 2. The molecule has 1 aromatic carbocycles. The predicted octanol–water partition coefficient (Wildman–Crippen LogP) is 2.58. The Morgan fingerprint density at radius 1 is 1.22 bits per heavy atom. The SMILES string of the molecule is CCN(CC)C(=O)c1ccnc(NCc2ccccc2OC)n1. The third-order valence-corrected chi connectivity index (χ3v) is 3.55. The van der Waals surface area contributed by atoms with Crippen molar-refractivity contribution in [2.24, 2.45) is 0 Å². The van der Waals surface area contributed by atoms with Crippen molar-refractivity contribution in [1.82, 2.24) is 14.9 Å². The number of para-hydroxylation sites is 1. The van der Waals surface area contributed by atoms with Gasteiger partial charge in [-0.05, 0) is 26.0 Å². The van der Waals surface area contributed by atoms with Crippen LogP contribution in [0.4, 0.5) is 5.95 Å². The predicted molar refractivity (Wildman–Crippen MR) is 89.6 cm³/mol. The Kier molecular flexibility index (Phi) is 5.91. The summed E-state index contributed by atoms with van der Waals surface area (Å²) < 4.78 is 5.31. The van der Waals surface area contributed by atoms with Crippen molar-refractivity contribution in [3.63, 3.8) is 0 Å². The molecule has 0 aliphatic heterocycles. The maximum atomic E-state index is 12.3. The van der Waals surface area contributed by atoms with Crippen molar-refractivity contribution in [3.05, 3.63) is 47.8 Å². The van der Waals surface area contributed by atoms with Crippen LogP contribution in [0.5, 0.6) is 5.75 Å². The van der Waals surface area contributed by atoms with Crippen molar-refractivity contribution in [2.45, 2.75) is 20.4 Å². The van der Waals surface area contributed by atoms with E-state index in [0.717, 1.165) is 11.3 Å². The number of benzene rings is 1. The molecule has 1 N–H and O–H groups in total. The molecule has 1 aromatic heterocycles. The minimum Gasteiger partial charge on any atom is -0.496 e. The van der Waals surface area contributed by atoms with E-state index in [1.54, 1.807) is 24.3 Å². The average molecular weight is 314 g/mol. The van der Waals surface area contributed by atoms with Crippen molar-refractivity contribution in [2.75, 3.05) is 25.5 Å². The Morgan fingerprint density at radius 2 is 1.96 bits per heavy atom. The Morgan fingerprint density at radius 3 is 2.65 bits per heavy atom. The minimum atomic E-state index is -0.0854. The number of nitrogens with zero attached hydrogens (tertiary/aromatic N) is 3. The highest BCUT2D eigenvalue weighted by atomic mass is 16.5. The first-order valence-electron chi connectivity index (χ1n) is 7.67. The fourth-order valence-corrected chi connectivity index (χ4v) is 2.26. The molecule has 0 unspecified atom stereocenters. The van der Waals surface area contributed by atoms with E-state index < -0.39 is 0 Å². The van der Waals surface area contributed by atoms with Gasteiger partial charge in [0.05, 0.1) is 7.11 Å². The zero-order chi connectivity index (χ0) is 16.7. The van der Waals surface area contributed by atoms with Gasteiger partial charge >= 0.3 is 0 Å². The van der Waals surface area contributed by atoms with E-state index in [2.05, 4.69) is 15.3 Å². The molecular formula is C17H22N4O2. The summed E-state index contributed by atoms with van der Waals surface area (Å²) in [4.78, 5) is 22.5. The fraction of sp³-hybridized carbons (Fsp3) is 0.353. The zero-order valence-corrected chi connectivity index (χ0v) is 13.7. The molecule has 1 heterocycles. The molecule has 0 saturated carbocycles. The minimum absolute atomic E-state index is 0.0854. The number of carbonyl (C=O) groups is 1. The lowest BCUT2D eigenvalue weighted by atomic mass is 10.2. The molecule has 0 aliphatic carbocycles. The summed E-state index contributed by atoms with van der Waals surface area (Å²) in [6, 6.07) is 9.37.